The van der Waals surface area contributed by atoms with Gasteiger partial charge in [-0.1, -0.05) is 32.1 Å². The van der Waals surface area contributed by atoms with E-state index in [0.717, 1.165) is 38.5 Å². The molecule has 3 fully saturated rings. The summed E-state index contributed by atoms with van der Waals surface area (Å²) in [7, 11) is 0. The van der Waals surface area contributed by atoms with Crippen LogP contribution in [0.4, 0.5) is 8.78 Å². The van der Waals surface area contributed by atoms with Gasteiger partial charge >= 0.3 is 0 Å². The first-order valence-electron chi connectivity index (χ1n) is 9.19. The zero-order chi connectivity index (χ0) is 16.7. The van der Waals surface area contributed by atoms with E-state index in [-0.39, 0.29) is 30.7 Å². The number of carbonyl (C=O) groups excluding carboxylic acids is 1. The number of amides is 1. The van der Waals surface area contributed by atoms with E-state index < -0.39 is 16.9 Å². The number of alkyl halides is 2. The van der Waals surface area contributed by atoms with Gasteiger partial charge in [-0.25, -0.2) is 8.78 Å². The lowest BCUT2D eigenvalue weighted by molar-refractivity contribution is -0.140. The molecule has 0 spiro atoms. The Kier molecular flexibility index (Phi) is 4.45. The predicted octanol–water partition coefficient (Wildman–Crippen LogP) is 3.79. The molecule has 3 nitrogen and oxygen atoms in total. The Bertz CT molecular complexity index is 462. The van der Waals surface area contributed by atoms with Crippen molar-refractivity contribution < 1.29 is 18.7 Å². The van der Waals surface area contributed by atoms with E-state index >= 15 is 0 Å². The summed E-state index contributed by atoms with van der Waals surface area (Å²) in [5.74, 6) is -3.18. The fraction of sp³-hybridized carbons (Fsp3) is 0.944. The average molecular weight is 329 g/mol. The first kappa shape index (κ1) is 17.1. The maximum Gasteiger partial charge on any atom is 0.249 e. The summed E-state index contributed by atoms with van der Waals surface area (Å²) in [6, 6.07) is -0.374. The van der Waals surface area contributed by atoms with Crippen molar-refractivity contribution in [3.05, 3.63) is 0 Å². The molecule has 0 aliphatic heterocycles. The number of nitrogens with one attached hydrogen (secondary N) is 1. The molecule has 23 heavy (non-hydrogen) atoms. The van der Waals surface area contributed by atoms with Crippen molar-refractivity contribution >= 4 is 5.91 Å². The molecule has 0 radical (unpaired) electrons. The van der Waals surface area contributed by atoms with Crippen LogP contribution in [-0.2, 0) is 4.79 Å². The van der Waals surface area contributed by atoms with Crippen LogP contribution >= 0.6 is 0 Å². The maximum atomic E-state index is 14.0. The molecule has 3 aliphatic rings. The number of hydrogen-bond acceptors (Lipinski definition) is 2. The summed E-state index contributed by atoms with van der Waals surface area (Å²) in [6.07, 6.45) is 6.99. The van der Waals surface area contributed by atoms with E-state index in [1.54, 1.807) is 0 Å². The predicted molar refractivity (Wildman–Crippen MR) is 84.2 cm³/mol. The normalized spacial score (nSPS) is 37.0. The van der Waals surface area contributed by atoms with E-state index in [1.165, 1.54) is 0 Å². The minimum atomic E-state index is -2.72. The van der Waals surface area contributed by atoms with Crippen LogP contribution in [0.5, 0.6) is 0 Å². The first-order chi connectivity index (χ1) is 10.8. The Balaban J connectivity index is 1.73. The molecule has 0 bridgehead atoms. The molecule has 3 unspecified atom stereocenters. The van der Waals surface area contributed by atoms with Crippen molar-refractivity contribution in [2.45, 2.75) is 95.1 Å². The van der Waals surface area contributed by atoms with E-state index in [9.17, 15) is 18.7 Å². The van der Waals surface area contributed by atoms with Gasteiger partial charge in [-0.2, -0.15) is 0 Å². The molecular weight excluding hydrogens is 300 g/mol. The maximum absolute atomic E-state index is 14.0. The molecule has 0 saturated heterocycles. The number of hydrogen-bond donors (Lipinski definition) is 2. The Hall–Kier alpha value is -0.710. The van der Waals surface area contributed by atoms with Gasteiger partial charge in [-0.15, -0.1) is 0 Å². The zero-order valence-corrected chi connectivity index (χ0v) is 14.0. The van der Waals surface area contributed by atoms with Crippen molar-refractivity contribution in [1.29, 1.82) is 0 Å². The second-order valence-corrected chi connectivity index (χ2v) is 8.20. The van der Waals surface area contributed by atoms with Crippen LogP contribution < -0.4 is 5.32 Å². The quantitative estimate of drug-likeness (QED) is 0.827. The highest BCUT2D eigenvalue weighted by Crippen LogP contribution is 2.58. The summed E-state index contributed by atoms with van der Waals surface area (Å²) >= 11 is 0. The molecule has 1 amide bonds. The zero-order valence-electron chi connectivity index (χ0n) is 14.0. The van der Waals surface area contributed by atoms with Crippen LogP contribution in [0.3, 0.4) is 0 Å². The standard InChI is InChI=1S/C18H29F2NO2/c1-13(17(23)9-4-2-5-10-17)21-15(22)16-8-6-3-7-14(16)11-18(19,20)12-16/h13-14,23H,2-12H2,1H3,(H,21,22). The number of fused-ring (bicyclic) bond motifs is 1. The molecule has 3 saturated carbocycles. The fourth-order valence-corrected chi connectivity index (χ4v) is 5.19. The van der Waals surface area contributed by atoms with Crippen LogP contribution in [0.1, 0.15) is 77.6 Å². The topological polar surface area (TPSA) is 49.3 Å². The number of aliphatic hydroxyl groups is 1. The Morgan fingerprint density at radius 3 is 2.48 bits per heavy atom. The highest BCUT2D eigenvalue weighted by Gasteiger charge is 2.60. The molecular formula is C18H29F2NO2. The Morgan fingerprint density at radius 1 is 1.13 bits per heavy atom. The van der Waals surface area contributed by atoms with Gasteiger partial charge in [-0.3, -0.25) is 4.79 Å². The van der Waals surface area contributed by atoms with Crippen molar-refractivity contribution in [3.63, 3.8) is 0 Å². The van der Waals surface area contributed by atoms with Crippen LogP contribution in [-0.4, -0.2) is 28.6 Å². The second kappa shape index (κ2) is 5.98. The van der Waals surface area contributed by atoms with Gasteiger partial charge in [0.2, 0.25) is 11.8 Å². The molecule has 3 rings (SSSR count). The SMILES string of the molecule is CC(NC(=O)C12CCCCC1CC(F)(F)C2)C1(O)CCCCC1. The van der Waals surface area contributed by atoms with Gasteiger partial charge in [0.25, 0.3) is 0 Å². The molecule has 5 heteroatoms. The number of rotatable bonds is 3. The molecule has 3 atom stereocenters. The second-order valence-electron chi connectivity index (χ2n) is 8.20. The molecule has 3 aliphatic carbocycles. The molecule has 0 aromatic carbocycles. The highest BCUT2D eigenvalue weighted by atomic mass is 19.3. The fourth-order valence-electron chi connectivity index (χ4n) is 5.19. The summed E-state index contributed by atoms with van der Waals surface area (Å²) < 4.78 is 28.0. The van der Waals surface area contributed by atoms with Crippen molar-refractivity contribution in [2.24, 2.45) is 11.3 Å². The summed E-state index contributed by atoms with van der Waals surface area (Å²) in [5, 5.41) is 13.7. The summed E-state index contributed by atoms with van der Waals surface area (Å²) in [4.78, 5) is 12.9. The van der Waals surface area contributed by atoms with Gasteiger partial charge in [0, 0.05) is 12.8 Å². The Labute approximate surface area is 137 Å². The lowest BCUT2D eigenvalue weighted by Gasteiger charge is -2.42. The van der Waals surface area contributed by atoms with Crippen LogP contribution in [0.25, 0.3) is 0 Å². The van der Waals surface area contributed by atoms with Gasteiger partial charge in [0.15, 0.2) is 0 Å². The minimum Gasteiger partial charge on any atom is -0.388 e. The lowest BCUT2D eigenvalue weighted by atomic mass is 9.67. The molecule has 0 aromatic rings. The van der Waals surface area contributed by atoms with Crippen LogP contribution in [0.2, 0.25) is 0 Å². The molecule has 2 N–H and O–H groups in total. The first-order valence-corrected chi connectivity index (χ1v) is 9.19. The van der Waals surface area contributed by atoms with Gasteiger partial charge < -0.3 is 10.4 Å². The van der Waals surface area contributed by atoms with Gasteiger partial charge in [0.1, 0.15) is 0 Å². The largest absolute Gasteiger partial charge is 0.388 e. The third kappa shape index (κ3) is 3.13. The molecule has 132 valence electrons. The monoisotopic (exact) mass is 329 g/mol. The van der Waals surface area contributed by atoms with Gasteiger partial charge in [0.05, 0.1) is 17.1 Å². The summed E-state index contributed by atoms with van der Waals surface area (Å²) in [6.45, 7) is 1.82. The van der Waals surface area contributed by atoms with E-state index in [4.69, 9.17) is 0 Å². The summed E-state index contributed by atoms with van der Waals surface area (Å²) in [5.41, 5.74) is -1.79. The third-order valence-corrected chi connectivity index (χ3v) is 6.65. The number of halogens is 2. The number of carbonyl (C=O) groups is 1. The van der Waals surface area contributed by atoms with E-state index in [2.05, 4.69) is 5.32 Å². The Morgan fingerprint density at radius 2 is 1.78 bits per heavy atom. The van der Waals surface area contributed by atoms with Crippen LogP contribution in [0, 0.1) is 11.3 Å². The minimum absolute atomic E-state index is 0.154. The lowest BCUT2D eigenvalue weighted by Crippen LogP contribution is -2.56. The van der Waals surface area contributed by atoms with Crippen molar-refractivity contribution in [3.8, 4) is 0 Å². The molecule has 0 heterocycles. The van der Waals surface area contributed by atoms with E-state index in [1.807, 2.05) is 6.92 Å². The molecule has 0 aromatic heterocycles. The average Bonchev–Trinajstić information content (AvgIpc) is 2.79. The van der Waals surface area contributed by atoms with Crippen molar-refractivity contribution in [2.75, 3.05) is 0 Å². The highest BCUT2D eigenvalue weighted by molar-refractivity contribution is 5.84. The smallest absolute Gasteiger partial charge is 0.249 e. The third-order valence-electron chi connectivity index (χ3n) is 6.65. The van der Waals surface area contributed by atoms with E-state index in [0.29, 0.717) is 19.3 Å². The van der Waals surface area contributed by atoms with Crippen LogP contribution in [0.15, 0.2) is 0 Å². The van der Waals surface area contributed by atoms with Crippen molar-refractivity contribution in [1.82, 2.24) is 5.32 Å². The van der Waals surface area contributed by atoms with Gasteiger partial charge in [-0.05, 0) is 38.5 Å².